The first kappa shape index (κ1) is 19.1. The summed E-state index contributed by atoms with van der Waals surface area (Å²) in [5.41, 5.74) is 0.141. The topological polar surface area (TPSA) is 61.4 Å². The first-order valence-corrected chi connectivity index (χ1v) is 8.50. The Morgan fingerprint density at radius 2 is 1.74 bits per heavy atom. The molecule has 1 N–H and O–H groups in total. The van der Waals surface area contributed by atoms with Gasteiger partial charge in [-0.2, -0.15) is 13.2 Å². The molecule has 1 aromatic carbocycles. The van der Waals surface area contributed by atoms with Crippen LogP contribution in [0.2, 0.25) is 0 Å². The van der Waals surface area contributed by atoms with Crippen LogP contribution < -0.4 is 5.32 Å². The zero-order valence-corrected chi connectivity index (χ0v) is 15.0. The van der Waals surface area contributed by atoms with Crippen LogP contribution in [0.4, 0.5) is 24.8 Å². The number of likely N-dealkylation sites (N-methyl/N-ethyl adjacent to an activating group) is 1. The number of rotatable bonds is 3. The summed E-state index contributed by atoms with van der Waals surface area (Å²) in [6, 6.07) is 6.72. The monoisotopic (exact) mass is 379 g/mol. The molecule has 6 nitrogen and oxygen atoms in total. The number of aryl methyl sites for hydroxylation is 1. The molecule has 3 rings (SSSR count). The van der Waals surface area contributed by atoms with Crippen LogP contribution in [-0.2, 0) is 6.18 Å². The molecule has 1 aromatic heterocycles. The zero-order chi connectivity index (χ0) is 19.6. The Morgan fingerprint density at radius 1 is 1.11 bits per heavy atom. The predicted octanol–water partition coefficient (Wildman–Crippen LogP) is 2.94. The van der Waals surface area contributed by atoms with Crippen molar-refractivity contribution < 1.29 is 18.0 Å². The molecule has 0 bridgehead atoms. The van der Waals surface area contributed by atoms with Crippen molar-refractivity contribution in [3.8, 4) is 0 Å². The van der Waals surface area contributed by atoms with Crippen molar-refractivity contribution in [1.82, 2.24) is 19.8 Å². The number of nitrogens with one attached hydrogen (secondary N) is 1. The van der Waals surface area contributed by atoms with Crippen molar-refractivity contribution in [1.29, 1.82) is 0 Å². The van der Waals surface area contributed by atoms with Crippen LogP contribution in [0, 0.1) is 6.92 Å². The van der Waals surface area contributed by atoms with E-state index in [2.05, 4.69) is 20.2 Å². The van der Waals surface area contributed by atoms with Gasteiger partial charge in [0.15, 0.2) is 0 Å². The summed E-state index contributed by atoms with van der Waals surface area (Å²) in [4.78, 5) is 24.1. The summed E-state index contributed by atoms with van der Waals surface area (Å²) >= 11 is 0. The maximum Gasteiger partial charge on any atom is 0.419 e. The molecule has 9 heteroatoms. The number of amides is 1. The molecule has 144 valence electrons. The van der Waals surface area contributed by atoms with Gasteiger partial charge in [0.2, 0.25) is 5.95 Å². The quantitative estimate of drug-likeness (QED) is 0.889. The SMILES string of the molecule is Cc1nc(Nc2ccc(C(=O)N3CCN(C)CC3)cc2)ncc1C(F)(F)F. The first-order chi connectivity index (χ1) is 12.7. The van der Waals surface area contributed by atoms with Crippen molar-refractivity contribution >= 4 is 17.5 Å². The molecule has 0 radical (unpaired) electrons. The van der Waals surface area contributed by atoms with Crippen molar-refractivity contribution in [2.24, 2.45) is 0 Å². The second-order valence-electron chi connectivity index (χ2n) is 6.49. The van der Waals surface area contributed by atoms with E-state index in [0.29, 0.717) is 24.3 Å². The van der Waals surface area contributed by atoms with Gasteiger partial charge in [0.05, 0.1) is 11.3 Å². The lowest BCUT2D eigenvalue weighted by molar-refractivity contribution is -0.138. The van der Waals surface area contributed by atoms with Gasteiger partial charge < -0.3 is 15.1 Å². The van der Waals surface area contributed by atoms with E-state index in [1.807, 2.05) is 11.9 Å². The van der Waals surface area contributed by atoms with Gasteiger partial charge >= 0.3 is 6.18 Å². The smallest absolute Gasteiger partial charge is 0.336 e. The fourth-order valence-electron chi connectivity index (χ4n) is 2.82. The Kier molecular flexibility index (Phi) is 5.31. The average Bonchev–Trinajstić information content (AvgIpc) is 2.61. The van der Waals surface area contributed by atoms with E-state index >= 15 is 0 Å². The molecule has 0 atom stereocenters. The Labute approximate surface area is 155 Å². The van der Waals surface area contributed by atoms with E-state index in [9.17, 15) is 18.0 Å². The highest BCUT2D eigenvalue weighted by Gasteiger charge is 2.33. The summed E-state index contributed by atoms with van der Waals surface area (Å²) in [5, 5.41) is 2.85. The Hall–Kier alpha value is -2.68. The fourth-order valence-corrected chi connectivity index (χ4v) is 2.82. The molecule has 0 spiro atoms. The number of hydrogen-bond donors (Lipinski definition) is 1. The lowest BCUT2D eigenvalue weighted by Gasteiger charge is -2.32. The molecule has 27 heavy (non-hydrogen) atoms. The van der Waals surface area contributed by atoms with Crippen LogP contribution in [0.3, 0.4) is 0 Å². The molecule has 1 aliphatic rings. The van der Waals surface area contributed by atoms with Gasteiger partial charge in [0.1, 0.15) is 0 Å². The van der Waals surface area contributed by atoms with Crippen LogP contribution in [0.25, 0.3) is 0 Å². The van der Waals surface area contributed by atoms with Crippen LogP contribution in [0.1, 0.15) is 21.6 Å². The van der Waals surface area contributed by atoms with E-state index < -0.39 is 11.7 Å². The minimum absolute atomic E-state index is 0.0312. The highest BCUT2D eigenvalue weighted by molar-refractivity contribution is 5.94. The number of piperazine rings is 1. The second-order valence-corrected chi connectivity index (χ2v) is 6.49. The van der Waals surface area contributed by atoms with E-state index in [-0.39, 0.29) is 17.5 Å². The third-order valence-electron chi connectivity index (χ3n) is 4.46. The molecule has 1 fully saturated rings. The number of halogens is 3. The standard InChI is InChI=1S/C18H20F3N5O/c1-12-15(18(19,20)21)11-22-17(23-12)24-14-5-3-13(4-6-14)16(27)26-9-7-25(2)8-10-26/h3-6,11H,7-10H2,1-2H3,(H,22,23,24). The second kappa shape index (κ2) is 7.51. The van der Waals surface area contributed by atoms with Crippen molar-refractivity contribution in [2.45, 2.75) is 13.1 Å². The molecular weight excluding hydrogens is 359 g/mol. The Bertz CT molecular complexity index is 815. The maximum absolute atomic E-state index is 12.8. The maximum atomic E-state index is 12.8. The number of carbonyl (C=O) groups excluding carboxylic acids is 1. The van der Waals surface area contributed by atoms with Crippen molar-refractivity contribution in [3.05, 3.63) is 47.3 Å². The van der Waals surface area contributed by atoms with Crippen molar-refractivity contribution in [3.63, 3.8) is 0 Å². The molecule has 2 heterocycles. The lowest BCUT2D eigenvalue weighted by Crippen LogP contribution is -2.47. The number of anilines is 2. The molecule has 2 aromatic rings. The largest absolute Gasteiger partial charge is 0.419 e. The molecule has 1 saturated heterocycles. The highest BCUT2D eigenvalue weighted by atomic mass is 19.4. The van der Waals surface area contributed by atoms with Gasteiger partial charge in [-0.1, -0.05) is 0 Å². The van der Waals surface area contributed by atoms with Crippen LogP contribution in [0.5, 0.6) is 0 Å². The molecule has 0 aliphatic carbocycles. The predicted molar refractivity (Wildman–Crippen MR) is 94.9 cm³/mol. The normalized spacial score (nSPS) is 15.7. The van der Waals surface area contributed by atoms with Gasteiger partial charge in [0, 0.05) is 43.6 Å². The lowest BCUT2D eigenvalue weighted by atomic mass is 10.1. The number of nitrogens with zero attached hydrogens (tertiary/aromatic N) is 4. The van der Waals surface area contributed by atoms with Crippen LogP contribution in [0.15, 0.2) is 30.5 Å². The summed E-state index contributed by atoms with van der Waals surface area (Å²) in [5.74, 6) is 0.0370. The summed E-state index contributed by atoms with van der Waals surface area (Å²) in [6.45, 7) is 4.35. The van der Waals surface area contributed by atoms with Crippen LogP contribution in [-0.4, -0.2) is 58.9 Å². The molecule has 1 amide bonds. The highest BCUT2D eigenvalue weighted by Crippen LogP contribution is 2.31. The molecule has 0 saturated carbocycles. The van der Waals surface area contributed by atoms with Crippen LogP contribution >= 0.6 is 0 Å². The van der Waals surface area contributed by atoms with E-state index in [1.54, 1.807) is 24.3 Å². The van der Waals surface area contributed by atoms with E-state index in [0.717, 1.165) is 19.3 Å². The summed E-state index contributed by atoms with van der Waals surface area (Å²) in [6.07, 6.45) is -3.72. The average molecular weight is 379 g/mol. The third-order valence-corrected chi connectivity index (χ3v) is 4.46. The minimum atomic E-state index is -4.48. The first-order valence-electron chi connectivity index (χ1n) is 8.50. The summed E-state index contributed by atoms with van der Waals surface area (Å²) < 4.78 is 38.3. The summed E-state index contributed by atoms with van der Waals surface area (Å²) in [7, 11) is 2.02. The van der Waals surface area contributed by atoms with Gasteiger partial charge in [-0.05, 0) is 38.2 Å². The van der Waals surface area contributed by atoms with Crippen molar-refractivity contribution in [2.75, 3.05) is 38.5 Å². The minimum Gasteiger partial charge on any atom is -0.336 e. The number of aromatic nitrogens is 2. The van der Waals surface area contributed by atoms with E-state index in [1.165, 1.54) is 6.92 Å². The third kappa shape index (κ3) is 4.54. The van der Waals surface area contributed by atoms with Gasteiger partial charge in [0.25, 0.3) is 5.91 Å². The Morgan fingerprint density at radius 3 is 2.30 bits per heavy atom. The molecule has 1 aliphatic heterocycles. The number of carbonyl (C=O) groups is 1. The number of benzene rings is 1. The zero-order valence-electron chi connectivity index (χ0n) is 15.0. The molecule has 0 unspecified atom stereocenters. The number of hydrogen-bond acceptors (Lipinski definition) is 5. The Balaban J connectivity index is 1.67. The van der Waals surface area contributed by atoms with E-state index in [4.69, 9.17) is 0 Å². The van der Waals surface area contributed by atoms with Gasteiger partial charge in [-0.15, -0.1) is 0 Å². The van der Waals surface area contributed by atoms with Gasteiger partial charge in [-0.25, -0.2) is 9.97 Å². The molecular formula is C18H20F3N5O. The fraction of sp³-hybridized carbons (Fsp3) is 0.389. The number of alkyl halides is 3. The van der Waals surface area contributed by atoms with Gasteiger partial charge in [-0.3, -0.25) is 4.79 Å².